The second-order valence-corrected chi connectivity index (χ2v) is 2.32. The lowest BCUT2D eigenvalue weighted by atomic mass is 10.1. The van der Waals surface area contributed by atoms with Crippen LogP contribution in [0, 0.1) is 5.82 Å². The topological polar surface area (TPSA) is 63.3 Å². The first-order valence-corrected chi connectivity index (χ1v) is 3.34. The zero-order valence-corrected chi connectivity index (χ0v) is 6.25. The molecule has 0 spiro atoms. The molecule has 12 heavy (non-hydrogen) atoms. The Kier molecular flexibility index (Phi) is 2.40. The zero-order chi connectivity index (χ0) is 9.14. The molecule has 4 heteroatoms. The summed E-state index contributed by atoms with van der Waals surface area (Å²) in [4.78, 5) is 10.7. The summed E-state index contributed by atoms with van der Waals surface area (Å²) < 4.78 is 12.5. The first kappa shape index (κ1) is 8.67. The number of carbonyl (C=O) groups is 1. The monoisotopic (exact) mass is 169 g/mol. The van der Waals surface area contributed by atoms with Gasteiger partial charge in [-0.2, -0.15) is 0 Å². The van der Waals surface area contributed by atoms with Crippen LogP contribution in [0.3, 0.4) is 0 Å². The highest BCUT2D eigenvalue weighted by Crippen LogP contribution is 2.10. The summed E-state index contributed by atoms with van der Waals surface area (Å²) in [5.41, 5.74) is 5.33. The van der Waals surface area contributed by atoms with E-state index in [1.165, 1.54) is 6.07 Å². The zero-order valence-electron chi connectivity index (χ0n) is 6.25. The van der Waals surface area contributed by atoms with E-state index in [2.05, 4.69) is 0 Å². The smallest absolute Gasteiger partial charge is 0.249 e. The average molecular weight is 169 g/mol. The van der Waals surface area contributed by atoms with Crippen LogP contribution in [0.4, 0.5) is 4.39 Å². The lowest BCUT2D eigenvalue weighted by Gasteiger charge is -2.02. The number of aliphatic hydroxyl groups is 1. The number of primary amides is 1. The van der Waals surface area contributed by atoms with Crippen molar-refractivity contribution in [3.63, 3.8) is 0 Å². The molecule has 0 fully saturated rings. The van der Waals surface area contributed by atoms with E-state index in [-0.39, 0.29) is 11.1 Å². The van der Waals surface area contributed by atoms with Gasteiger partial charge >= 0.3 is 0 Å². The Morgan fingerprint density at radius 1 is 1.58 bits per heavy atom. The van der Waals surface area contributed by atoms with Crippen LogP contribution in [-0.4, -0.2) is 11.0 Å². The SMILES string of the molecule is NC(=O)c1ccc(F)cc1CO. The highest BCUT2D eigenvalue weighted by Gasteiger charge is 2.07. The molecule has 0 heterocycles. The fourth-order valence-corrected chi connectivity index (χ4v) is 0.933. The molecule has 0 bridgehead atoms. The Labute approximate surface area is 68.6 Å². The number of hydrogen-bond donors (Lipinski definition) is 2. The van der Waals surface area contributed by atoms with Gasteiger partial charge in [0.2, 0.25) is 5.91 Å². The van der Waals surface area contributed by atoms with E-state index < -0.39 is 18.3 Å². The molecule has 0 aromatic heterocycles. The van der Waals surface area contributed by atoms with Crippen molar-refractivity contribution in [1.82, 2.24) is 0 Å². The molecule has 0 aliphatic heterocycles. The molecule has 0 saturated heterocycles. The Morgan fingerprint density at radius 3 is 2.75 bits per heavy atom. The number of rotatable bonds is 2. The molecular formula is C8H8FNO2. The normalized spacial score (nSPS) is 9.83. The minimum atomic E-state index is -0.668. The van der Waals surface area contributed by atoms with Crippen LogP contribution in [0.2, 0.25) is 0 Å². The summed E-state index contributed by atoms with van der Waals surface area (Å²) in [6.45, 7) is -0.393. The lowest BCUT2D eigenvalue weighted by Crippen LogP contribution is -2.13. The first-order chi connectivity index (χ1) is 5.65. The lowest BCUT2D eigenvalue weighted by molar-refractivity contribution is 0.0997. The number of carbonyl (C=O) groups excluding carboxylic acids is 1. The van der Waals surface area contributed by atoms with Gasteiger partial charge < -0.3 is 10.8 Å². The Bertz CT molecular complexity index is 312. The first-order valence-electron chi connectivity index (χ1n) is 3.34. The van der Waals surface area contributed by atoms with E-state index in [4.69, 9.17) is 10.8 Å². The van der Waals surface area contributed by atoms with Crippen LogP contribution in [0.25, 0.3) is 0 Å². The summed E-state index contributed by atoms with van der Waals surface area (Å²) >= 11 is 0. The maximum Gasteiger partial charge on any atom is 0.249 e. The predicted octanol–water partition coefficient (Wildman–Crippen LogP) is 0.417. The van der Waals surface area contributed by atoms with E-state index in [0.717, 1.165) is 12.1 Å². The van der Waals surface area contributed by atoms with Crippen LogP contribution in [0.15, 0.2) is 18.2 Å². The second kappa shape index (κ2) is 3.32. The molecule has 0 atom stereocenters. The molecular weight excluding hydrogens is 161 g/mol. The molecule has 0 aliphatic carbocycles. The number of benzene rings is 1. The molecule has 0 radical (unpaired) electrons. The highest BCUT2D eigenvalue weighted by molar-refractivity contribution is 5.94. The van der Waals surface area contributed by atoms with Crippen LogP contribution in [0.5, 0.6) is 0 Å². The average Bonchev–Trinajstić information content (AvgIpc) is 2.03. The molecule has 0 aliphatic rings. The fourth-order valence-electron chi connectivity index (χ4n) is 0.933. The maximum atomic E-state index is 12.5. The number of halogens is 1. The number of hydrogen-bond acceptors (Lipinski definition) is 2. The van der Waals surface area contributed by atoms with Crippen molar-refractivity contribution in [2.24, 2.45) is 5.73 Å². The molecule has 3 N–H and O–H groups in total. The van der Waals surface area contributed by atoms with E-state index in [1.54, 1.807) is 0 Å². The summed E-state index contributed by atoms with van der Waals surface area (Å²) in [5, 5.41) is 8.72. The van der Waals surface area contributed by atoms with E-state index in [0.29, 0.717) is 0 Å². The van der Waals surface area contributed by atoms with E-state index in [1.807, 2.05) is 0 Å². The van der Waals surface area contributed by atoms with E-state index in [9.17, 15) is 9.18 Å². The maximum absolute atomic E-state index is 12.5. The number of nitrogens with two attached hydrogens (primary N) is 1. The summed E-state index contributed by atoms with van der Waals surface area (Å²) in [7, 11) is 0. The molecule has 1 aromatic rings. The fraction of sp³-hybridized carbons (Fsp3) is 0.125. The van der Waals surface area contributed by atoms with Gasteiger partial charge in [0, 0.05) is 5.56 Å². The number of amides is 1. The highest BCUT2D eigenvalue weighted by atomic mass is 19.1. The minimum absolute atomic E-state index is 0.152. The van der Waals surface area contributed by atoms with Crippen molar-refractivity contribution in [3.05, 3.63) is 35.1 Å². The Hall–Kier alpha value is -1.42. The molecule has 1 rings (SSSR count). The van der Waals surface area contributed by atoms with Gasteiger partial charge in [-0.15, -0.1) is 0 Å². The third-order valence-corrected chi connectivity index (χ3v) is 1.50. The Morgan fingerprint density at radius 2 is 2.25 bits per heavy atom. The van der Waals surface area contributed by atoms with Gasteiger partial charge in [-0.3, -0.25) is 4.79 Å². The molecule has 1 amide bonds. The number of aliphatic hydroxyl groups excluding tert-OH is 1. The minimum Gasteiger partial charge on any atom is -0.392 e. The molecule has 3 nitrogen and oxygen atoms in total. The molecule has 0 saturated carbocycles. The summed E-state index contributed by atoms with van der Waals surface area (Å²) in [6, 6.07) is 3.46. The van der Waals surface area contributed by atoms with Gasteiger partial charge in [-0.05, 0) is 23.8 Å². The standard InChI is InChI=1S/C8H8FNO2/c9-6-1-2-7(8(10)12)5(3-6)4-11/h1-3,11H,4H2,(H2,10,12). The van der Waals surface area contributed by atoms with Crippen molar-refractivity contribution in [1.29, 1.82) is 0 Å². The van der Waals surface area contributed by atoms with E-state index >= 15 is 0 Å². The third kappa shape index (κ3) is 1.60. The quantitative estimate of drug-likeness (QED) is 0.673. The van der Waals surface area contributed by atoms with Gasteiger partial charge in [-0.25, -0.2) is 4.39 Å². The second-order valence-electron chi connectivity index (χ2n) is 2.32. The van der Waals surface area contributed by atoms with Crippen LogP contribution >= 0.6 is 0 Å². The third-order valence-electron chi connectivity index (χ3n) is 1.50. The van der Waals surface area contributed by atoms with Gasteiger partial charge in [0.05, 0.1) is 6.61 Å². The molecule has 0 unspecified atom stereocenters. The van der Waals surface area contributed by atoms with Crippen molar-refractivity contribution < 1.29 is 14.3 Å². The summed E-state index contributed by atoms with van der Waals surface area (Å²) in [5.74, 6) is -1.16. The predicted molar refractivity (Wildman–Crippen MR) is 40.8 cm³/mol. The van der Waals surface area contributed by atoms with Crippen LogP contribution < -0.4 is 5.73 Å². The molecule has 1 aromatic carbocycles. The van der Waals surface area contributed by atoms with Gasteiger partial charge in [0.15, 0.2) is 0 Å². The van der Waals surface area contributed by atoms with Crippen molar-refractivity contribution in [3.8, 4) is 0 Å². The van der Waals surface area contributed by atoms with Crippen molar-refractivity contribution in [2.45, 2.75) is 6.61 Å². The van der Waals surface area contributed by atoms with Crippen LogP contribution in [-0.2, 0) is 6.61 Å². The van der Waals surface area contributed by atoms with Crippen molar-refractivity contribution in [2.75, 3.05) is 0 Å². The van der Waals surface area contributed by atoms with Gasteiger partial charge in [0.25, 0.3) is 0 Å². The molecule has 64 valence electrons. The van der Waals surface area contributed by atoms with Crippen LogP contribution in [0.1, 0.15) is 15.9 Å². The largest absolute Gasteiger partial charge is 0.392 e. The van der Waals surface area contributed by atoms with Crippen molar-refractivity contribution >= 4 is 5.91 Å². The van der Waals surface area contributed by atoms with Gasteiger partial charge in [0.1, 0.15) is 5.82 Å². The Balaban J connectivity index is 3.20. The van der Waals surface area contributed by atoms with Gasteiger partial charge in [-0.1, -0.05) is 0 Å². The summed E-state index contributed by atoms with van der Waals surface area (Å²) in [6.07, 6.45) is 0.